The topological polar surface area (TPSA) is 0 Å². The molecule has 2 unspecified atom stereocenters. The van der Waals surface area contributed by atoms with Crippen molar-refractivity contribution >= 4 is 35.4 Å². The summed E-state index contributed by atoms with van der Waals surface area (Å²) >= 11 is 2.57. The molecule has 0 aliphatic heterocycles. The van der Waals surface area contributed by atoms with Crippen LogP contribution in [0.5, 0.6) is 0 Å². The van der Waals surface area contributed by atoms with E-state index in [9.17, 15) is 0 Å². The van der Waals surface area contributed by atoms with Crippen LogP contribution in [0.2, 0.25) is 11.6 Å². The van der Waals surface area contributed by atoms with E-state index in [-0.39, 0.29) is 0 Å². The van der Waals surface area contributed by atoms with Gasteiger partial charge in [0.25, 0.3) is 0 Å². The van der Waals surface area contributed by atoms with E-state index in [2.05, 4.69) is 101 Å². The van der Waals surface area contributed by atoms with Crippen molar-refractivity contribution in [2.24, 2.45) is 11.8 Å². The molecule has 0 aliphatic rings. The van der Waals surface area contributed by atoms with Crippen molar-refractivity contribution in [2.45, 2.75) is 53.2 Å². The number of halogens is 1. The molecule has 0 N–H and O–H groups in total. The second-order valence-corrected chi connectivity index (χ2v) is 7.92. The maximum Gasteiger partial charge on any atom is 0.190 e. The molecule has 0 radical (unpaired) electrons. The lowest BCUT2D eigenvalue weighted by Gasteiger charge is -2.31. The summed E-state index contributed by atoms with van der Waals surface area (Å²) < 4.78 is 1.50. The van der Waals surface area contributed by atoms with Gasteiger partial charge in [-0.1, -0.05) is 124 Å². The fourth-order valence-corrected chi connectivity index (χ4v) is 4.11. The monoisotopic (exact) mass is 382 g/mol. The van der Waals surface area contributed by atoms with Crippen LogP contribution in [0.15, 0.2) is 33.8 Å². The summed E-state index contributed by atoms with van der Waals surface area (Å²) in [7, 11) is 0. The molecule has 0 aromatic heterocycles. The Morgan fingerprint density at radius 2 is 1.35 bits per heavy atom. The number of hydrogen-bond acceptors (Lipinski definition) is 0. The largest absolute Gasteiger partial charge is 0.190 e. The van der Waals surface area contributed by atoms with Crippen molar-refractivity contribution in [3.8, 4) is 0 Å². The molecule has 2 heteroatoms. The Morgan fingerprint density at radius 1 is 0.900 bits per heavy atom. The molecule has 0 saturated carbocycles. The molecule has 0 spiro atoms. The van der Waals surface area contributed by atoms with Gasteiger partial charge in [-0.3, -0.25) is 0 Å². The molecule has 0 fully saturated rings. The van der Waals surface area contributed by atoms with Crippen molar-refractivity contribution in [3.05, 3.63) is 39.4 Å². The zero-order chi connectivity index (χ0) is 15.3. The molecule has 1 aromatic rings. The highest BCUT2D eigenvalue weighted by molar-refractivity contribution is 14.1. The maximum atomic E-state index is 2.57. The summed E-state index contributed by atoms with van der Waals surface area (Å²) in [6.45, 7) is 14.8. The Hall–Kier alpha value is -0.245. The molecule has 1 rings (SSSR count). The standard InChI is InChI=1S/C18H28BI/c1-13(2)15(5)19(16(6)14(3)4)18(20)12-17-10-8-7-9-11-17/h7-16H,1-6H3/b18-12-. The zero-order valence-corrected chi connectivity index (χ0v) is 15.9. The van der Waals surface area contributed by atoms with Crippen LogP contribution < -0.4 is 0 Å². The fourth-order valence-electron chi connectivity index (χ4n) is 2.62. The van der Waals surface area contributed by atoms with Gasteiger partial charge in [0, 0.05) is 0 Å². The molecule has 110 valence electrons. The molecule has 20 heavy (non-hydrogen) atoms. The van der Waals surface area contributed by atoms with Gasteiger partial charge in [-0.15, -0.1) is 0 Å². The van der Waals surface area contributed by atoms with E-state index < -0.39 is 0 Å². The van der Waals surface area contributed by atoms with Gasteiger partial charge < -0.3 is 0 Å². The van der Waals surface area contributed by atoms with E-state index in [1.807, 2.05) is 0 Å². The van der Waals surface area contributed by atoms with Crippen LogP contribution in [0.25, 0.3) is 6.08 Å². The predicted octanol–water partition coefficient (Wildman–Crippen LogP) is 6.59. The molecule has 0 bridgehead atoms. The maximum absolute atomic E-state index is 2.57. The third-order valence-corrected chi connectivity index (χ3v) is 5.69. The van der Waals surface area contributed by atoms with E-state index in [0.717, 1.165) is 11.8 Å². The van der Waals surface area contributed by atoms with Gasteiger partial charge >= 0.3 is 0 Å². The highest BCUT2D eigenvalue weighted by Crippen LogP contribution is 2.39. The number of hydrogen-bond donors (Lipinski definition) is 0. The third-order valence-electron chi connectivity index (χ3n) is 4.66. The van der Waals surface area contributed by atoms with Crippen LogP contribution in [0.3, 0.4) is 0 Å². The summed E-state index contributed by atoms with van der Waals surface area (Å²) in [6.07, 6.45) is 2.36. The van der Waals surface area contributed by atoms with Gasteiger partial charge in [0.1, 0.15) is 0 Å². The second kappa shape index (κ2) is 8.26. The average molecular weight is 382 g/mol. The van der Waals surface area contributed by atoms with E-state index in [0.29, 0.717) is 18.3 Å². The van der Waals surface area contributed by atoms with Gasteiger partial charge in [-0.2, -0.15) is 0 Å². The average Bonchev–Trinajstić information content (AvgIpc) is 2.39. The Kier molecular flexibility index (Phi) is 7.35. The Labute approximate surface area is 139 Å². The fraction of sp³-hybridized carbons (Fsp3) is 0.556. The number of rotatable bonds is 6. The van der Waals surface area contributed by atoms with Crippen LogP contribution in [-0.2, 0) is 0 Å². The van der Waals surface area contributed by atoms with Gasteiger partial charge in [0.05, 0.1) is 0 Å². The molecule has 0 heterocycles. The Bertz CT molecular complexity index is 408. The quantitative estimate of drug-likeness (QED) is 0.385. The van der Waals surface area contributed by atoms with E-state index in [1.165, 1.54) is 9.04 Å². The van der Waals surface area contributed by atoms with Gasteiger partial charge in [-0.25, -0.2) is 0 Å². The zero-order valence-electron chi connectivity index (χ0n) is 13.7. The van der Waals surface area contributed by atoms with Crippen molar-refractivity contribution in [1.29, 1.82) is 0 Å². The molecule has 0 nitrogen and oxygen atoms in total. The lowest BCUT2D eigenvalue weighted by atomic mass is 9.31. The third kappa shape index (κ3) is 4.94. The molecule has 1 aromatic carbocycles. The minimum Gasteiger partial charge on any atom is -0.0685 e. The van der Waals surface area contributed by atoms with E-state index in [4.69, 9.17) is 0 Å². The van der Waals surface area contributed by atoms with Crippen LogP contribution in [0.4, 0.5) is 0 Å². The van der Waals surface area contributed by atoms with Gasteiger partial charge in [-0.05, 0) is 9.04 Å². The summed E-state index contributed by atoms with van der Waals surface area (Å²) in [6, 6.07) is 10.7. The lowest BCUT2D eigenvalue weighted by molar-refractivity contribution is 0.566. The first-order chi connectivity index (χ1) is 9.34. The Balaban J connectivity index is 3.07. The SMILES string of the molecule is CC(C)C(C)B(/C(I)=C/c1ccccc1)C(C)C(C)C. The first-order valence-corrected chi connectivity index (χ1v) is 8.84. The van der Waals surface area contributed by atoms with E-state index >= 15 is 0 Å². The van der Waals surface area contributed by atoms with E-state index in [1.54, 1.807) is 0 Å². The highest BCUT2D eigenvalue weighted by Gasteiger charge is 2.33. The van der Waals surface area contributed by atoms with Crippen molar-refractivity contribution in [2.75, 3.05) is 0 Å². The van der Waals surface area contributed by atoms with Crippen LogP contribution in [-0.4, -0.2) is 6.71 Å². The smallest absolute Gasteiger partial charge is 0.0685 e. The molecule has 0 aliphatic carbocycles. The summed E-state index contributed by atoms with van der Waals surface area (Å²) in [5.74, 6) is 2.85. The molecule has 2 atom stereocenters. The number of benzene rings is 1. The van der Waals surface area contributed by atoms with Crippen LogP contribution in [0.1, 0.15) is 47.1 Å². The first-order valence-electron chi connectivity index (χ1n) is 7.76. The minimum atomic E-state index is 0.649. The second-order valence-electron chi connectivity index (χ2n) is 6.67. The predicted molar refractivity (Wildman–Crippen MR) is 103 cm³/mol. The summed E-state index contributed by atoms with van der Waals surface area (Å²) in [4.78, 5) is 0. The van der Waals surface area contributed by atoms with Crippen molar-refractivity contribution in [1.82, 2.24) is 0 Å². The summed E-state index contributed by atoms with van der Waals surface area (Å²) in [5.41, 5.74) is 1.31. The molecular formula is C18H28BI. The normalized spacial score (nSPS) is 15.6. The Morgan fingerprint density at radius 3 is 1.75 bits per heavy atom. The van der Waals surface area contributed by atoms with Crippen LogP contribution in [0, 0.1) is 11.8 Å². The van der Waals surface area contributed by atoms with Gasteiger partial charge in [0.2, 0.25) is 0 Å². The lowest BCUT2D eigenvalue weighted by Crippen LogP contribution is -2.30. The van der Waals surface area contributed by atoms with Gasteiger partial charge in [0.15, 0.2) is 6.71 Å². The van der Waals surface area contributed by atoms with Crippen molar-refractivity contribution < 1.29 is 0 Å². The molecular weight excluding hydrogens is 354 g/mol. The minimum absolute atomic E-state index is 0.649. The first kappa shape index (κ1) is 17.8. The summed E-state index contributed by atoms with van der Waals surface area (Å²) in [5, 5.41) is 0. The molecule has 0 amide bonds. The highest BCUT2D eigenvalue weighted by atomic mass is 127. The van der Waals surface area contributed by atoms with Crippen molar-refractivity contribution in [3.63, 3.8) is 0 Å². The molecule has 0 saturated heterocycles. The van der Waals surface area contributed by atoms with Crippen LogP contribution >= 0.6 is 22.6 Å².